The van der Waals surface area contributed by atoms with E-state index in [9.17, 15) is 4.79 Å². The third-order valence-electron chi connectivity index (χ3n) is 5.38. The molecule has 0 saturated heterocycles. The van der Waals surface area contributed by atoms with Gasteiger partial charge in [0.15, 0.2) is 0 Å². The quantitative estimate of drug-likeness (QED) is 0.498. The first kappa shape index (κ1) is 17.6. The van der Waals surface area contributed by atoms with Crippen LogP contribution in [0.4, 0.5) is 0 Å². The van der Waals surface area contributed by atoms with Gasteiger partial charge >= 0.3 is 0 Å². The first-order chi connectivity index (χ1) is 14.3. The predicted octanol–water partition coefficient (Wildman–Crippen LogP) is 4.35. The second kappa shape index (κ2) is 7.51. The molecule has 0 N–H and O–H groups in total. The lowest BCUT2D eigenvalue weighted by Crippen LogP contribution is -2.24. The van der Waals surface area contributed by atoms with E-state index in [1.54, 1.807) is 16.8 Å². The summed E-state index contributed by atoms with van der Waals surface area (Å²) in [6.45, 7) is 1.20. The molecule has 5 rings (SSSR count). The fourth-order valence-electron chi connectivity index (χ4n) is 3.75. The van der Waals surface area contributed by atoms with Crippen LogP contribution in [0.15, 0.2) is 83.9 Å². The van der Waals surface area contributed by atoms with Crippen LogP contribution in [0.2, 0.25) is 0 Å². The molecule has 144 valence electrons. The summed E-state index contributed by atoms with van der Waals surface area (Å²) in [5.41, 5.74) is 5.22. The largest absolute Gasteiger partial charge is 0.332 e. The second-order valence-corrected chi connectivity index (χ2v) is 7.46. The van der Waals surface area contributed by atoms with Crippen LogP contribution in [0.25, 0.3) is 22.5 Å². The van der Waals surface area contributed by atoms with Crippen molar-refractivity contribution in [1.29, 1.82) is 0 Å². The molecule has 29 heavy (non-hydrogen) atoms. The molecule has 0 aliphatic heterocycles. The summed E-state index contributed by atoms with van der Waals surface area (Å²) in [7, 11) is 0. The minimum atomic E-state index is -0.0824. The normalized spacial score (nSPS) is 13.5. The van der Waals surface area contributed by atoms with Gasteiger partial charge in [0, 0.05) is 35.3 Å². The van der Waals surface area contributed by atoms with E-state index in [1.807, 2.05) is 54.9 Å². The topological polar surface area (TPSA) is 52.7 Å². The van der Waals surface area contributed by atoms with Crippen LogP contribution in [0.1, 0.15) is 24.5 Å². The van der Waals surface area contributed by atoms with Gasteiger partial charge in [-0.15, -0.1) is 0 Å². The van der Waals surface area contributed by atoms with Crippen molar-refractivity contribution in [3.63, 3.8) is 0 Å². The molecule has 0 unspecified atom stereocenters. The lowest BCUT2D eigenvalue weighted by molar-refractivity contribution is 0.503. The van der Waals surface area contributed by atoms with Gasteiger partial charge in [-0.2, -0.15) is 5.10 Å². The van der Waals surface area contributed by atoms with Crippen molar-refractivity contribution in [2.24, 2.45) is 0 Å². The van der Waals surface area contributed by atoms with Crippen LogP contribution >= 0.6 is 0 Å². The number of benzene rings is 2. The molecular weight excluding hydrogens is 360 g/mol. The average molecular weight is 382 g/mol. The van der Waals surface area contributed by atoms with E-state index in [4.69, 9.17) is 4.98 Å². The Morgan fingerprint density at radius 2 is 1.52 bits per heavy atom. The highest BCUT2D eigenvalue weighted by atomic mass is 16.1. The van der Waals surface area contributed by atoms with Gasteiger partial charge < -0.3 is 4.57 Å². The molecule has 5 nitrogen and oxygen atoms in total. The molecule has 1 aliphatic rings. The maximum absolute atomic E-state index is 12.4. The molecule has 0 atom stereocenters. The molecule has 5 heteroatoms. The van der Waals surface area contributed by atoms with E-state index < -0.39 is 0 Å². The summed E-state index contributed by atoms with van der Waals surface area (Å²) < 4.78 is 3.75. The summed E-state index contributed by atoms with van der Waals surface area (Å²) in [6, 6.07) is 23.6. The van der Waals surface area contributed by atoms with Gasteiger partial charge in [0.25, 0.3) is 5.56 Å². The summed E-state index contributed by atoms with van der Waals surface area (Å²) >= 11 is 0. The van der Waals surface area contributed by atoms with E-state index in [0.717, 1.165) is 22.5 Å². The fraction of sp³-hybridized carbons (Fsp3) is 0.208. The highest BCUT2D eigenvalue weighted by Crippen LogP contribution is 2.44. The zero-order chi connectivity index (χ0) is 19.6. The Hall–Kier alpha value is -3.47. The number of nitrogens with zero attached hydrogens (tertiary/aromatic N) is 4. The maximum Gasteiger partial charge on any atom is 0.266 e. The summed E-state index contributed by atoms with van der Waals surface area (Å²) in [6.07, 6.45) is 4.31. The number of hydrogen-bond acceptors (Lipinski definition) is 3. The number of aromatic nitrogens is 4. The van der Waals surface area contributed by atoms with Gasteiger partial charge in [0.2, 0.25) is 0 Å². The zero-order valence-corrected chi connectivity index (χ0v) is 16.1. The van der Waals surface area contributed by atoms with Crippen LogP contribution in [0.3, 0.4) is 0 Å². The first-order valence-electron chi connectivity index (χ1n) is 10.0. The number of rotatable bonds is 6. The smallest absolute Gasteiger partial charge is 0.266 e. The molecule has 1 saturated carbocycles. The molecule has 1 fully saturated rings. The Balaban J connectivity index is 1.42. The third-order valence-corrected chi connectivity index (χ3v) is 5.38. The van der Waals surface area contributed by atoms with Crippen LogP contribution < -0.4 is 5.56 Å². The van der Waals surface area contributed by atoms with Crippen molar-refractivity contribution in [3.05, 3.63) is 95.2 Å². The minimum Gasteiger partial charge on any atom is -0.332 e. The van der Waals surface area contributed by atoms with Crippen molar-refractivity contribution in [1.82, 2.24) is 19.3 Å². The number of hydrogen-bond donors (Lipinski definition) is 0. The van der Waals surface area contributed by atoms with Gasteiger partial charge in [-0.3, -0.25) is 4.79 Å². The summed E-state index contributed by atoms with van der Waals surface area (Å²) in [5, 5.41) is 4.58. The standard InChI is InChI=1S/C24H22N4O/c29-22-14-13-21(18-7-3-1-4-8-18)26-28(22)16-15-27-17-25-23(24(27)20-11-12-20)19-9-5-2-6-10-19/h1-10,13-14,17,20H,11-12,15-16H2. The van der Waals surface area contributed by atoms with Crippen LogP contribution in [-0.4, -0.2) is 19.3 Å². The second-order valence-electron chi connectivity index (χ2n) is 7.46. The van der Waals surface area contributed by atoms with Gasteiger partial charge in [0.05, 0.1) is 24.3 Å². The molecule has 0 bridgehead atoms. The van der Waals surface area contributed by atoms with Crippen molar-refractivity contribution in [2.45, 2.75) is 31.8 Å². The van der Waals surface area contributed by atoms with Gasteiger partial charge in [0.1, 0.15) is 0 Å². The number of imidazole rings is 1. The fourth-order valence-corrected chi connectivity index (χ4v) is 3.75. The molecule has 2 aromatic heterocycles. The van der Waals surface area contributed by atoms with Crippen molar-refractivity contribution in [3.8, 4) is 22.5 Å². The van der Waals surface area contributed by atoms with E-state index in [2.05, 4.69) is 21.8 Å². The Bertz CT molecular complexity index is 1170. The van der Waals surface area contributed by atoms with Gasteiger partial charge in [-0.25, -0.2) is 9.67 Å². The van der Waals surface area contributed by atoms with Crippen molar-refractivity contribution < 1.29 is 0 Å². The van der Waals surface area contributed by atoms with E-state index >= 15 is 0 Å². The lowest BCUT2D eigenvalue weighted by Gasteiger charge is -2.11. The van der Waals surface area contributed by atoms with Gasteiger partial charge in [-0.05, 0) is 18.9 Å². The SMILES string of the molecule is O=c1ccc(-c2ccccc2)nn1CCn1cnc(-c2ccccc2)c1C1CC1. The first-order valence-corrected chi connectivity index (χ1v) is 10.0. The highest BCUT2D eigenvalue weighted by molar-refractivity contribution is 5.63. The predicted molar refractivity (Wildman–Crippen MR) is 114 cm³/mol. The Morgan fingerprint density at radius 3 is 2.21 bits per heavy atom. The molecule has 0 radical (unpaired) electrons. The van der Waals surface area contributed by atoms with E-state index in [1.165, 1.54) is 18.5 Å². The highest BCUT2D eigenvalue weighted by Gasteiger charge is 2.30. The van der Waals surface area contributed by atoms with Crippen molar-refractivity contribution in [2.75, 3.05) is 0 Å². The van der Waals surface area contributed by atoms with Crippen LogP contribution in [0, 0.1) is 0 Å². The van der Waals surface area contributed by atoms with Gasteiger partial charge in [-0.1, -0.05) is 60.7 Å². The lowest BCUT2D eigenvalue weighted by atomic mass is 10.1. The Morgan fingerprint density at radius 1 is 0.828 bits per heavy atom. The molecule has 0 amide bonds. The molecule has 2 heterocycles. The van der Waals surface area contributed by atoms with Crippen molar-refractivity contribution >= 4 is 0 Å². The molecule has 1 aliphatic carbocycles. The number of aryl methyl sites for hydroxylation is 2. The van der Waals surface area contributed by atoms with Crippen LogP contribution in [0.5, 0.6) is 0 Å². The Labute approximate surface area is 169 Å². The molecule has 2 aromatic carbocycles. The maximum atomic E-state index is 12.4. The zero-order valence-electron chi connectivity index (χ0n) is 16.1. The molecule has 0 spiro atoms. The van der Waals surface area contributed by atoms with Crippen LogP contribution in [-0.2, 0) is 13.1 Å². The Kier molecular flexibility index (Phi) is 4.56. The summed E-state index contributed by atoms with van der Waals surface area (Å²) in [4.78, 5) is 17.1. The van der Waals surface area contributed by atoms with E-state index in [0.29, 0.717) is 19.0 Å². The monoisotopic (exact) mass is 382 g/mol. The van der Waals surface area contributed by atoms with E-state index in [-0.39, 0.29) is 5.56 Å². The average Bonchev–Trinajstić information content (AvgIpc) is 3.53. The summed E-state index contributed by atoms with van der Waals surface area (Å²) in [5.74, 6) is 0.563. The third kappa shape index (κ3) is 3.63. The minimum absolute atomic E-state index is 0.0824. The molecular formula is C24H22N4O. The molecule has 4 aromatic rings.